The first-order chi connectivity index (χ1) is 9.15. The maximum Gasteiger partial charge on any atom is 0.137 e. The normalized spacial score (nSPS) is 19.8. The number of hydrogen-bond acceptors (Lipinski definition) is 3. The van der Waals surface area contributed by atoms with Gasteiger partial charge in [0.1, 0.15) is 11.9 Å². The van der Waals surface area contributed by atoms with Gasteiger partial charge in [0.05, 0.1) is 6.61 Å². The van der Waals surface area contributed by atoms with E-state index in [1.54, 1.807) is 0 Å². The Morgan fingerprint density at radius 2 is 1.95 bits per heavy atom. The van der Waals surface area contributed by atoms with Crippen LogP contribution >= 0.6 is 0 Å². The smallest absolute Gasteiger partial charge is 0.137 e. The van der Waals surface area contributed by atoms with Gasteiger partial charge in [0, 0.05) is 6.04 Å². The average Bonchev–Trinajstić information content (AvgIpc) is 3.28. The van der Waals surface area contributed by atoms with E-state index >= 15 is 0 Å². The lowest BCUT2D eigenvalue weighted by atomic mass is 9.99. The Balaban J connectivity index is 1.97. The second kappa shape index (κ2) is 6.40. The van der Waals surface area contributed by atoms with Crippen LogP contribution in [0.5, 0.6) is 5.75 Å². The van der Waals surface area contributed by atoms with E-state index in [0.717, 1.165) is 25.0 Å². The maximum atomic E-state index is 9.41. The lowest BCUT2D eigenvalue weighted by Gasteiger charge is -2.23. The highest BCUT2D eigenvalue weighted by Gasteiger charge is 2.34. The third-order valence-corrected chi connectivity index (χ3v) is 4.12. The number of benzene rings is 1. The molecular formula is C16H25NO2. The molecule has 1 aromatic carbocycles. The van der Waals surface area contributed by atoms with E-state index in [4.69, 9.17) is 10.5 Å². The topological polar surface area (TPSA) is 55.5 Å². The summed E-state index contributed by atoms with van der Waals surface area (Å²) in [6.07, 6.45) is 3.16. The SMILES string of the molecule is CCC(C)c1ccc(OC(CO)C(N)C2CC2)cc1. The van der Waals surface area contributed by atoms with E-state index in [0.29, 0.717) is 11.8 Å². The highest BCUT2D eigenvalue weighted by atomic mass is 16.5. The Hall–Kier alpha value is -1.06. The molecule has 0 aliphatic heterocycles. The minimum Gasteiger partial charge on any atom is -0.486 e. The molecule has 0 aromatic heterocycles. The number of aliphatic hydroxyl groups excluding tert-OH is 1. The van der Waals surface area contributed by atoms with E-state index in [1.165, 1.54) is 5.56 Å². The summed E-state index contributed by atoms with van der Waals surface area (Å²) in [6, 6.07) is 8.09. The Bertz CT molecular complexity index is 386. The first-order valence-electron chi connectivity index (χ1n) is 7.28. The molecule has 3 atom stereocenters. The third kappa shape index (κ3) is 3.71. The molecular weight excluding hydrogens is 238 g/mol. The van der Waals surface area contributed by atoms with Crippen molar-refractivity contribution >= 4 is 0 Å². The molecule has 3 heteroatoms. The van der Waals surface area contributed by atoms with Crippen LogP contribution in [0, 0.1) is 5.92 Å². The van der Waals surface area contributed by atoms with Gasteiger partial charge in [-0.2, -0.15) is 0 Å². The first kappa shape index (κ1) is 14.4. The number of aliphatic hydroxyl groups is 1. The van der Waals surface area contributed by atoms with Crippen molar-refractivity contribution < 1.29 is 9.84 Å². The highest BCUT2D eigenvalue weighted by Crippen LogP contribution is 2.34. The van der Waals surface area contributed by atoms with Crippen LogP contribution < -0.4 is 10.5 Å². The zero-order valence-corrected chi connectivity index (χ0v) is 11.9. The van der Waals surface area contributed by atoms with Crippen molar-refractivity contribution in [3.05, 3.63) is 29.8 Å². The molecule has 1 fully saturated rings. The fourth-order valence-electron chi connectivity index (χ4n) is 2.31. The van der Waals surface area contributed by atoms with E-state index in [2.05, 4.69) is 26.0 Å². The second-order valence-corrected chi connectivity index (χ2v) is 5.63. The standard InChI is InChI=1S/C16H25NO2/c1-3-11(2)12-6-8-14(9-7-12)19-15(10-18)16(17)13-4-5-13/h6-9,11,13,15-16,18H,3-5,10,17H2,1-2H3. The molecule has 19 heavy (non-hydrogen) atoms. The van der Waals surface area contributed by atoms with Gasteiger partial charge in [-0.1, -0.05) is 26.0 Å². The molecule has 0 heterocycles. The van der Waals surface area contributed by atoms with Gasteiger partial charge in [0.2, 0.25) is 0 Å². The van der Waals surface area contributed by atoms with Crippen LogP contribution in [0.15, 0.2) is 24.3 Å². The number of ether oxygens (including phenoxy) is 1. The summed E-state index contributed by atoms with van der Waals surface area (Å²) in [7, 11) is 0. The molecule has 1 aliphatic rings. The van der Waals surface area contributed by atoms with Crippen LogP contribution in [-0.4, -0.2) is 23.9 Å². The lowest BCUT2D eigenvalue weighted by Crippen LogP contribution is -2.43. The van der Waals surface area contributed by atoms with Crippen molar-refractivity contribution in [1.29, 1.82) is 0 Å². The minimum absolute atomic E-state index is 0.0230. The van der Waals surface area contributed by atoms with Crippen LogP contribution in [0.25, 0.3) is 0 Å². The Morgan fingerprint density at radius 3 is 2.42 bits per heavy atom. The number of nitrogens with two attached hydrogens (primary N) is 1. The average molecular weight is 263 g/mol. The number of rotatable bonds is 7. The largest absolute Gasteiger partial charge is 0.486 e. The van der Waals surface area contributed by atoms with Crippen molar-refractivity contribution in [3.63, 3.8) is 0 Å². The maximum absolute atomic E-state index is 9.41. The first-order valence-corrected chi connectivity index (χ1v) is 7.28. The predicted octanol–water partition coefficient (Wildman–Crippen LogP) is 2.68. The van der Waals surface area contributed by atoms with Crippen LogP contribution in [0.1, 0.15) is 44.6 Å². The molecule has 3 unspecified atom stereocenters. The van der Waals surface area contributed by atoms with E-state index in [9.17, 15) is 5.11 Å². The van der Waals surface area contributed by atoms with Gasteiger partial charge in [0.25, 0.3) is 0 Å². The van der Waals surface area contributed by atoms with Crippen molar-refractivity contribution in [2.24, 2.45) is 11.7 Å². The van der Waals surface area contributed by atoms with E-state index < -0.39 is 0 Å². The van der Waals surface area contributed by atoms with Gasteiger partial charge in [-0.25, -0.2) is 0 Å². The fourth-order valence-corrected chi connectivity index (χ4v) is 2.31. The van der Waals surface area contributed by atoms with Gasteiger partial charge in [-0.15, -0.1) is 0 Å². The Labute approximate surface area is 115 Å². The zero-order chi connectivity index (χ0) is 13.8. The molecule has 3 nitrogen and oxygen atoms in total. The van der Waals surface area contributed by atoms with Gasteiger partial charge in [-0.3, -0.25) is 0 Å². The second-order valence-electron chi connectivity index (χ2n) is 5.63. The molecule has 2 rings (SSSR count). The van der Waals surface area contributed by atoms with E-state index in [-0.39, 0.29) is 18.8 Å². The van der Waals surface area contributed by atoms with Gasteiger partial charge in [-0.05, 0) is 48.8 Å². The molecule has 0 radical (unpaired) electrons. The molecule has 0 spiro atoms. The molecule has 1 saturated carbocycles. The Kier molecular flexibility index (Phi) is 4.83. The molecule has 106 valence electrons. The van der Waals surface area contributed by atoms with E-state index in [1.807, 2.05) is 12.1 Å². The van der Waals surface area contributed by atoms with Crippen LogP contribution in [-0.2, 0) is 0 Å². The monoisotopic (exact) mass is 263 g/mol. The number of hydrogen-bond donors (Lipinski definition) is 2. The summed E-state index contributed by atoms with van der Waals surface area (Å²) < 4.78 is 5.82. The molecule has 0 bridgehead atoms. The van der Waals surface area contributed by atoms with Crippen molar-refractivity contribution in [2.75, 3.05) is 6.61 Å². The summed E-state index contributed by atoms with van der Waals surface area (Å²) in [5.41, 5.74) is 7.42. The van der Waals surface area contributed by atoms with Crippen molar-refractivity contribution in [3.8, 4) is 5.75 Å². The molecule has 3 N–H and O–H groups in total. The summed E-state index contributed by atoms with van der Waals surface area (Å²) in [5.74, 6) is 1.88. The Morgan fingerprint density at radius 1 is 1.32 bits per heavy atom. The summed E-state index contributed by atoms with van der Waals surface area (Å²) in [4.78, 5) is 0. The van der Waals surface area contributed by atoms with Crippen molar-refractivity contribution in [2.45, 2.75) is 51.2 Å². The summed E-state index contributed by atoms with van der Waals surface area (Å²) in [6.45, 7) is 4.38. The fraction of sp³-hybridized carbons (Fsp3) is 0.625. The predicted molar refractivity (Wildman–Crippen MR) is 77.3 cm³/mol. The minimum atomic E-state index is -0.290. The van der Waals surface area contributed by atoms with Gasteiger partial charge in [0.15, 0.2) is 0 Å². The van der Waals surface area contributed by atoms with Crippen LogP contribution in [0.3, 0.4) is 0 Å². The molecule has 0 saturated heterocycles. The summed E-state index contributed by atoms with van der Waals surface area (Å²) in [5, 5.41) is 9.41. The van der Waals surface area contributed by atoms with Gasteiger partial charge < -0.3 is 15.6 Å². The van der Waals surface area contributed by atoms with Crippen LogP contribution in [0.2, 0.25) is 0 Å². The third-order valence-electron chi connectivity index (χ3n) is 4.12. The quantitative estimate of drug-likeness (QED) is 0.795. The molecule has 0 amide bonds. The zero-order valence-electron chi connectivity index (χ0n) is 11.9. The molecule has 1 aromatic rings. The summed E-state index contributed by atoms with van der Waals surface area (Å²) >= 11 is 0. The molecule has 1 aliphatic carbocycles. The highest BCUT2D eigenvalue weighted by molar-refractivity contribution is 5.29. The lowest BCUT2D eigenvalue weighted by molar-refractivity contribution is 0.0882. The van der Waals surface area contributed by atoms with Crippen molar-refractivity contribution in [1.82, 2.24) is 0 Å². The van der Waals surface area contributed by atoms with Crippen LogP contribution in [0.4, 0.5) is 0 Å². The van der Waals surface area contributed by atoms with Gasteiger partial charge >= 0.3 is 0 Å².